The normalized spacial score (nSPS) is 11.0. The Bertz CT molecular complexity index is 1060. The molecule has 0 saturated carbocycles. The lowest BCUT2D eigenvalue weighted by molar-refractivity contribution is -0.137. The van der Waals surface area contributed by atoms with Gasteiger partial charge in [0.25, 0.3) is 5.89 Å². The number of hydrogen-bond acceptors (Lipinski definition) is 6. The van der Waals surface area contributed by atoms with Crippen LogP contribution in [0.15, 0.2) is 40.9 Å². The van der Waals surface area contributed by atoms with Gasteiger partial charge in [0.05, 0.1) is 17.7 Å². The molecule has 0 fully saturated rings. The van der Waals surface area contributed by atoms with Crippen molar-refractivity contribution in [2.75, 3.05) is 6.61 Å². The predicted octanol–water partition coefficient (Wildman–Crippen LogP) is 6.04. The van der Waals surface area contributed by atoms with Crippen LogP contribution in [0.4, 0.5) is 0 Å². The topological polar surface area (TPSA) is 94.7 Å². The SMILES string of the molecule is CCc1cc(OCCCCC(=O)O)ccc1-c1noc(-c2ccc(OC(C)C)c(Cl)c2)n1. The molecular weight excluding hydrogens is 432 g/mol. The molecule has 7 nitrogen and oxygen atoms in total. The molecule has 0 aliphatic carbocycles. The fourth-order valence-electron chi connectivity index (χ4n) is 3.17. The molecule has 0 bridgehead atoms. The van der Waals surface area contributed by atoms with Gasteiger partial charge in [-0.05, 0) is 75.1 Å². The summed E-state index contributed by atoms with van der Waals surface area (Å²) in [6.07, 6.45) is 2.23. The summed E-state index contributed by atoms with van der Waals surface area (Å²) in [6, 6.07) is 11.1. The zero-order chi connectivity index (χ0) is 23.1. The Morgan fingerprint density at radius 2 is 2.00 bits per heavy atom. The Morgan fingerprint density at radius 1 is 1.19 bits per heavy atom. The fraction of sp³-hybridized carbons (Fsp3) is 0.375. The first kappa shape index (κ1) is 23.6. The van der Waals surface area contributed by atoms with E-state index in [2.05, 4.69) is 10.1 Å². The van der Waals surface area contributed by atoms with Crippen molar-refractivity contribution >= 4 is 17.6 Å². The Morgan fingerprint density at radius 3 is 2.69 bits per heavy atom. The lowest BCUT2D eigenvalue weighted by Crippen LogP contribution is -2.05. The van der Waals surface area contributed by atoms with E-state index in [1.165, 1.54) is 0 Å². The third kappa shape index (κ3) is 6.23. The lowest BCUT2D eigenvalue weighted by Gasteiger charge is -2.11. The van der Waals surface area contributed by atoms with Gasteiger partial charge in [0.15, 0.2) is 0 Å². The molecule has 1 aromatic heterocycles. The largest absolute Gasteiger partial charge is 0.494 e. The molecule has 32 heavy (non-hydrogen) atoms. The van der Waals surface area contributed by atoms with Gasteiger partial charge in [-0.3, -0.25) is 4.79 Å². The molecule has 0 aliphatic heterocycles. The van der Waals surface area contributed by atoms with Gasteiger partial charge in [-0.15, -0.1) is 0 Å². The van der Waals surface area contributed by atoms with Crippen molar-refractivity contribution in [3.63, 3.8) is 0 Å². The number of hydrogen-bond donors (Lipinski definition) is 1. The number of aromatic nitrogens is 2. The van der Waals surface area contributed by atoms with Gasteiger partial charge in [0.1, 0.15) is 11.5 Å². The summed E-state index contributed by atoms with van der Waals surface area (Å²) >= 11 is 6.33. The number of carboxylic acids is 1. The average Bonchev–Trinajstić information content (AvgIpc) is 3.24. The van der Waals surface area contributed by atoms with Gasteiger partial charge in [-0.1, -0.05) is 23.7 Å². The van der Waals surface area contributed by atoms with E-state index < -0.39 is 5.97 Å². The van der Waals surface area contributed by atoms with E-state index in [9.17, 15) is 4.79 Å². The molecule has 0 unspecified atom stereocenters. The highest BCUT2D eigenvalue weighted by Crippen LogP contribution is 2.32. The summed E-state index contributed by atoms with van der Waals surface area (Å²) in [5.41, 5.74) is 2.61. The standard InChI is InChI=1S/C24H27ClN2O5/c1-4-16-13-18(30-12-6-5-7-22(28)29)9-10-19(16)23-26-24(32-27-23)17-8-11-21(20(25)14-17)31-15(2)3/h8-11,13-15H,4-7,12H2,1-3H3,(H,28,29). The second-order valence-electron chi connectivity index (χ2n) is 7.61. The molecule has 0 spiro atoms. The maximum absolute atomic E-state index is 10.6. The van der Waals surface area contributed by atoms with Gasteiger partial charge in [-0.2, -0.15) is 4.98 Å². The van der Waals surface area contributed by atoms with Gasteiger partial charge in [0.2, 0.25) is 5.82 Å². The first-order valence-corrected chi connectivity index (χ1v) is 11.0. The van der Waals surface area contributed by atoms with E-state index >= 15 is 0 Å². The van der Waals surface area contributed by atoms with Crippen LogP contribution in [-0.4, -0.2) is 33.9 Å². The number of carbonyl (C=O) groups is 1. The maximum atomic E-state index is 10.6. The molecular formula is C24H27ClN2O5. The summed E-state index contributed by atoms with van der Waals surface area (Å²) in [5, 5.41) is 13.3. The highest BCUT2D eigenvalue weighted by atomic mass is 35.5. The molecule has 0 radical (unpaired) electrons. The summed E-state index contributed by atoms with van der Waals surface area (Å²) in [5.74, 6) is 1.42. The quantitative estimate of drug-likeness (QED) is 0.350. The minimum atomic E-state index is -0.788. The van der Waals surface area contributed by atoms with Crippen LogP contribution in [0.3, 0.4) is 0 Å². The number of halogens is 1. The summed E-state index contributed by atoms with van der Waals surface area (Å²) in [6.45, 7) is 6.40. The lowest BCUT2D eigenvalue weighted by atomic mass is 10.0. The van der Waals surface area contributed by atoms with Gasteiger partial charge in [-0.25, -0.2) is 0 Å². The number of aliphatic carboxylic acids is 1. The molecule has 170 valence electrons. The minimum absolute atomic E-state index is 0.0255. The Hall–Kier alpha value is -3.06. The Balaban J connectivity index is 1.72. The molecule has 1 N–H and O–H groups in total. The molecule has 1 heterocycles. The number of nitrogens with zero attached hydrogens (tertiary/aromatic N) is 2. The number of carboxylic acid groups (broad SMARTS) is 1. The summed E-state index contributed by atoms with van der Waals surface area (Å²) < 4.78 is 16.9. The monoisotopic (exact) mass is 458 g/mol. The zero-order valence-corrected chi connectivity index (χ0v) is 19.2. The Kier molecular flexibility index (Phi) is 8.11. The molecule has 0 atom stereocenters. The molecule has 0 saturated heterocycles. The molecule has 8 heteroatoms. The first-order chi connectivity index (χ1) is 15.4. The first-order valence-electron chi connectivity index (χ1n) is 10.7. The van der Waals surface area contributed by atoms with Gasteiger partial charge in [0, 0.05) is 17.5 Å². The molecule has 2 aromatic carbocycles. The highest BCUT2D eigenvalue weighted by molar-refractivity contribution is 6.32. The number of benzene rings is 2. The molecule has 3 aromatic rings. The molecule has 3 rings (SSSR count). The van der Waals surface area contributed by atoms with E-state index in [1.807, 2.05) is 45.0 Å². The van der Waals surface area contributed by atoms with Crippen LogP contribution >= 0.6 is 11.6 Å². The van der Waals surface area contributed by atoms with Crippen LogP contribution in [0.25, 0.3) is 22.8 Å². The van der Waals surface area contributed by atoms with Crippen LogP contribution in [-0.2, 0) is 11.2 Å². The third-order valence-electron chi connectivity index (χ3n) is 4.72. The van der Waals surface area contributed by atoms with E-state index in [0.29, 0.717) is 47.5 Å². The van der Waals surface area contributed by atoms with Crippen LogP contribution in [0.5, 0.6) is 11.5 Å². The summed E-state index contributed by atoms with van der Waals surface area (Å²) in [7, 11) is 0. The number of rotatable bonds is 11. The second kappa shape index (κ2) is 11.0. The number of aryl methyl sites for hydroxylation is 1. The van der Waals surface area contributed by atoms with E-state index in [4.69, 9.17) is 30.7 Å². The maximum Gasteiger partial charge on any atom is 0.303 e. The van der Waals surface area contributed by atoms with Crippen molar-refractivity contribution in [1.82, 2.24) is 10.1 Å². The number of ether oxygens (including phenoxy) is 2. The molecule has 0 amide bonds. The van der Waals surface area contributed by atoms with Gasteiger partial charge < -0.3 is 19.1 Å². The minimum Gasteiger partial charge on any atom is -0.494 e. The fourth-order valence-corrected chi connectivity index (χ4v) is 3.40. The third-order valence-corrected chi connectivity index (χ3v) is 5.02. The predicted molar refractivity (Wildman–Crippen MR) is 122 cm³/mol. The summed E-state index contributed by atoms with van der Waals surface area (Å²) in [4.78, 5) is 15.1. The highest BCUT2D eigenvalue weighted by Gasteiger charge is 2.16. The van der Waals surface area contributed by atoms with Crippen LogP contribution in [0.2, 0.25) is 5.02 Å². The van der Waals surface area contributed by atoms with Crippen LogP contribution < -0.4 is 9.47 Å². The molecule has 0 aliphatic rings. The van der Waals surface area contributed by atoms with Crippen molar-refractivity contribution < 1.29 is 23.9 Å². The zero-order valence-electron chi connectivity index (χ0n) is 18.4. The van der Waals surface area contributed by atoms with Crippen molar-refractivity contribution in [2.45, 2.75) is 52.6 Å². The average molecular weight is 459 g/mol. The van der Waals surface area contributed by atoms with Crippen LogP contribution in [0.1, 0.15) is 45.6 Å². The smallest absolute Gasteiger partial charge is 0.303 e. The van der Waals surface area contributed by atoms with Crippen molar-refractivity contribution in [3.8, 4) is 34.3 Å². The van der Waals surface area contributed by atoms with Crippen molar-refractivity contribution in [2.24, 2.45) is 0 Å². The van der Waals surface area contributed by atoms with E-state index in [0.717, 1.165) is 23.3 Å². The van der Waals surface area contributed by atoms with E-state index in [1.54, 1.807) is 12.1 Å². The van der Waals surface area contributed by atoms with Gasteiger partial charge >= 0.3 is 5.97 Å². The van der Waals surface area contributed by atoms with E-state index in [-0.39, 0.29) is 12.5 Å². The second-order valence-corrected chi connectivity index (χ2v) is 8.01. The van der Waals surface area contributed by atoms with Crippen molar-refractivity contribution in [1.29, 1.82) is 0 Å². The number of unbranched alkanes of at least 4 members (excludes halogenated alkanes) is 1. The van der Waals surface area contributed by atoms with Crippen LogP contribution in [0, 0.1) is 0 Å². The van der Waals surface area contributed by atoms with Crippen molar-refractivity contribution in [3.05, 3.63) is 47.0 Å². The Labute approximate surface area is 192 Å².